The van der Waals surface area contributed by atoms with E-state index in [0.717, 1.165) is 25.6 Å². The number of rotatable bonds is 2. The third-order valence-corrected chi connectivity index (χ3v) is 3.78. The van der Waals surface area contributed by atoms with Crippen LogP contribution in [0.15, 0.2) is 29.3 Å². The van der Waals surface area contributed by atoms with E-state index in [-0.39, 0.29) is 10.9 Å². The number of alkyl halides is 3. The predicted octanol–water partition coefficient (Wildman–Crippen LogP) is 2.02. The van der Waals surface area contributed by atoms with Crippen molar-refractivity contribution in [2.75, 3.05) is 13.1 Å². The summed E-state index contributed by atoms with van der Waals surface area (Å²) in [5.41, 5.74) is -1.57. The molecular formula is C14H14F3N3O. The monoisotopic (exact) mass is 297 g/mol. The van der Waals surface area contributed by atoms with Gasteiger partial charge >= 0.3 is 6.18 Å². The molecule has 112 valence electrons. The van der Waals surface area contributed by atoms with Crippen molar-refractivity contribution in [2.45, 2.75) is 19.1 Å². The topological polar surface area (TPSA) is 46.9 Å². The highest BCUT2D eigenvalue weighted by molar-refractivity contribution is 5.81. The van der Waals surface area contributed by atoms with Crippen LogP contribution in [0.5, 0.6) is 0 Å². The minimum atomic E-state index is -4.51. The van der Waals surface area contributed by atoms with Gasteiger partial charge in [0.05, 0.1) is 22.8 Å². The Morgan fingerprint density at radius 2 is 2.19 bits per heavy atom. The van der Waals surface area contributed by atoms with Crippen LogP contribution in [0, 0.1) is 5.92 Å². The zero-order chi connectivity index (χ0) is 15.0. The number of halogens is 3. The number of para-hydroxylation sites is 1. The van der Waals surface area contributed by atoms with Crippen LogP contribution in [0.3, 0.4) is 0 Å². The van der Waals surface area contributed by atoms with Gasteiger partial charge in [-0.1, -0.05) is 6.07 Å². The van der Waals surface area contributed by atoms with Crippen molar-refractivity contribution < 1.29 is 13.2 Å². The van der Waals surface area contributed by atoms with Gasteiger partial charge in [0.15, 0.2) is 0 Å². The SMILES string of the molecule is O=c1c2cccc(C(F)(F)F)c2ncn1CC1CCNC1. The smallest absolute Gasteiger partial charge is 0.316 e. The van der Waals surface area contributed by atoms with Gasteiger partial charge in [-0.25, -0.2) is 4.98 Å². The predicted molar refractivity (Wildman–Crippen MR) is 72.0 cm³/mol. The zero-order valence-electron chi connectivity index (χ0n) is 11.2. The molecular weight excluding hydrogens is 283 g/mol. The average Bonchev–Trinajstić information content (AvgIpc) is 2.93. The molecule has 2 aromatic rings. The summed E-state index contributed by atoms with van der Waals surface area (Å²) in [6, 6.07) is 3.58. The Labute approximate surface area is 118 Å². The van der Waals surface area contributed by atoms with Crippen LogP contribution in [-0.4, -0.2) is 22.6 Å². The molecule has 2 heterocycles. The molecule has 7 heteroatoms. The van der Waals surface area contributed by atoms with E-state index in [1.54, 1.807) is 0 Å². The summed E-state index contributed by atoms with van der Waals surface area (Å²) in [4.78, 5) is 16.2. The zero-order valence-corrected chi connectivity index (χ0v) is 11.2. The van der Waals surface area contributed by atoms with Crippen LogP contribution in [0.2, 0.25) is 0 Å². The second-order valence-electron chi connectivity index (χ2n) is 5.26. The van der Waals surface area contributed by atoms with E-state index < -0.39 is 17.3 Å². The fourth-order valence-electron chi connectivity index (χ4n) is 2.70. The second kappa shape index (κ2) is 5.14. The van der Waals surface area contributed by atoms with Gasteiger partial charge in [0.2, 0.25) is 0 Å². The quantitative estimate of drug-likeness (QED) is 0.922. The maximum atomic E-state index is 12.9. The third-order valence-electron chi connectivity index (χ3n) is 3.78. The first kappa shape index (κ1) is 14.1. The molecule has 1 atom stereocenters. The molecule has 4 nitrogen and oxygen atoms in total. The average molecular weight is 297 g/mol. The molecule has 3 rings (SSSR count). The Hall–Kier alpha value is -1.89. The van der Waals surface area contributed by atoms with E-state index in [1.165, 1.54) is 23.0 Å². The second-order valence-corrected chi connectivity index (χ2v) is 5.26. The third kappa shape index (κ3) is 2.65. The standard InChI is InChI=1S/C14H14F3N3O/c15-14(16,17)11-3-1-2-10-12(11)19-8-20(13(10)21)7-9-4-5-18-6-9/h1-3,8-9,18H,4-7H2. The van der Waals surface area contributed by atoms with Crippen molar-refractivity contribution in [1.82, 2.24) is 14.9 Å². The Kier molecular flexibility index (Phi) is 3.44. The highest BCUT2D eigenvalue weighted by Crippen LogP contribution is 2.32. The van der Waals surface area contributed by atoms with Crippen LogP contribution >= 0.6 is 0 Å². The summed E-state index contributed by atoms with van der Waals surface area (Å²) in [5, 5.41) is 3.21. The lowest BCUT2D eigenvalue weighted by Crippen LogP contribution is -2.26. The minimum Gasteiger partial charge on any atom is -0.316 e. The molecule has 1 aliphatic heterocycles. The number of nitrogens with zero attached hydrogens (tertiary/aromatic N) is 2. The molecule has 1 aliphatic rings. The molecule has 0 spiro atoms. The first-order valence-corrected chi connectivity index (χ1v) is 6.73. The lowest BCUT2D eigenvalue weighted by Gasteiger charge is -2.13. The van der Waals surface area contributed by atoms with E-state index in [4.69, 9.17) is 0 Å². The van der Waals surface area contributed by atoms with Gasteiger partial charge in [-0.15, -0.1) is 0 Å². The Balaban J connectivity index is 2.07. The number of hydrogen-bond acceptors (Lipinski definition) is 3. The number of nitrogens with one attached hydrogen (secondary N) is 1. The van der Waals surface area contributed by atoms with Crippen molar-refractivity contribution in [2.24, 2.45) is 5.92 Å². The highest BCUT2D eigenvalue weighted by atomic mass is 19.4. The minimum absolute atomic E-state index is 0.0123. The molecule has 1 saturated heterocycles. The Morgan fingerprint density at radius 1 is 1.38 bits per heavy atom. The summed E-state index contributed by atoms with van der Waals surface area (Å²) < 4.78 is 40.2. The van der Waals surface area contributed by atoms with E-state index in [1.807, 2.05) is 0 Å². The first-order chi connectivity index (χ1) is 9.97. The summed E-state index contributed by atoms with van der Waals surface area (Å²) in [6.07, 6.45) is -2.34. The Morgan fingerprint density at radius 3 is 2.86 bits per heavy atom. The molecule has 0 radical (unpaired) electrons. The van der Waals surface area contributed by atoms with Crippen molar-refractivity contribution in [3.8, 4) is 0 Å². The van der Waals surface area contributed by atoms with E-state index >= 15 is 0 Å². The van der Waals surface area contributed by atoms with E-state index in [9.17, 15) is 18.0 Å². The van der Waals surface area contributed by atoms with Crippen LogP contribution in [0.4, 0.5) is 13.2 Å². The highest BCUT2D eigenvalue weighted by Gasteiger charge is 2.33. The fraction of sp³-hybridized carbons (Fsp3) is 0.429. The molecule has 21 heavy (non-hydrogen) atoms. The number of fused-ring (bicyclic) bond motifs is 1. The van der Waals surface area contributed by atoms with Crippen LogP contribution < -0.4 is 10.9 Å². The summed E-state index contributed by atoms with van der Waals surface area (Å²) >= 11 is 0. The molecule has 1 fully saturated rings. The van der Waals surface area contributed by atoms with Crippen molar-refractivity contribution in [1.29, 1.82) is 0 Å². The lowest BCUT2D eigenvalue weighted by molar-refractivity contribution is -0.136. The number of aromatic nitrogens is 2. The van der Waals surface area contributed by atoms with Crippen LogP contribution in [-0.2, 0) is 12.7 Å². The van der Waals surface area contributed by atoms with Gasteiger partial charge in [0.25, 0.3) is 5.56 Å². The molecule has 0 aliphatic carbocycles. The summed E-state index contributed by atoms with van der Waals surface area (Å²) in [6.45, 7) is 2.19. The fourth-order valence-corrected chi connectivity index (χ4v) is 2.70. The Bertz CT molecular complexity index is 717. The molecule has 0 amide bonds. The molecule has 0 saturated carbocycles. The van der Waals surface area contributed by atoms with Crippen molar-refractivity contribution in [3.63, 3.8) is 0 Å². The van der Waals surface area contributed by atoms with Gasteiger partial charge < -0.3 is 5.32 Å². The maximum absolute atomic E-state index is 12.9. The van der Waals surface area contributed by atoms with Gasteiger partial charge in [0, 0.05) is 6.54 Å². The maximum Gasteiger partial charge on any atom is 0.418 e. The van der Waals surface area contributed by atoms with Gasteiger partial charge in [0.1, 0.15) is 0 Å². The van der Waals surface area contributed by atoms with Gasteiger partial charge in [-0.2, -0.15) is 13.2 Å². The number of benzene rings is 1. The molecule has 1 aromatic carbocycles. The first-order valence-electron chi connectivity index (χ1n) is 6.73. The molecule has 1 unspecified atom stereocenters. The molecule has 0 bridgehead atoms. The van der Waals surface area contributed by atoms with E-state index in [2.05, 4.69) is 10.3 Å². The summed E-state index contributed by atoms with van der Waals surface area (Å²) in [7, 11) is 0. The normalized spacial score (nSPS) is 19.3. The lowest BCUT2D eigenvalue weighted by atomic mass is 10.1. The van der Waals surface area contributed by atoms with Gasteiger partial charge in [-0.05, 0) is 37.6 Å². The van der Waals surface area contributed by atoms with Crippen LogP contribution in [0.25, 0.3) is 10.9 Å². The van der Waals surface area contributed by atoms with Crippen LogP contribution in [0.1, 0.15) is 12.0 Å². The molecule has 1 aromatic heterocycles. The van der Waals surface area contributed by atoms with E-state index in [0.29, 0.717) is 12.5 Å². The number of hydrogen-bond donors (Lipinski definition) is 1. The van der Waals surface area contributed by atoms with Gasteiger partial charge in [-0.3, -0.25) is 9.36 Å². The summed E-state index contributed by atoms with van der Waals surface area (Å²) in [5.74, 6) is 0.313. The molecule has 1 N–H and O–H groups in total. The van der Waals surface area contributed by atoms with Crippen molar-refractivity contribution in [3.05, 3.63) is 40.4 Å². The van der Waals surface area contributed by atoms with Crippen molar-refractivity contribution >= 4 is 10.9 Å². The largest absolute Gasteiger partial charge is 0.418 e.